The molecule has 1 amide bonds. The van der Waals surface area contributed by atoms with Crippen LogP contribution < -0.4 is 4.74 Å². The van der Waals surface area contributed by atoms with E-state index in [-0.39, 0.29) is 5.91 Å². The maximum atomic E-state index is 13.6. The Labute approximate surface area is 195 Å². The number of aromatic nitrogens is 7. The lowest BCUT2D eigenvalue weighted by Crippen LogP contribution is -2.37. The molecule has 0 spiro atoms. The fourth-order valence-electron chi connectivity index (χ4n) is 5.10. The van der Waals surface area contributed by atoms with Crippen molar-refractivity contribution in [3.63, 3.8) is 0 Å². The highest BCUT2D eigenvalue weighted by Gasteiger charge is 2.33. The van der Waals surface area contributed by atoms with Crippen LogP contribution in [0.1, 0.15) is 40.2 Å². The Balaban J connectivity index is 1.21. The van der Waals surface area contributed by atoms with Gasteiger partial charge in [0.15, 0.2) is 5.82 Å². The number of ether oxygens (including phenoxy) is 1. The van der Waals surface area contributed by atoms with Crippen molar-refractivity contribution in [2.24, 2.45) is 13.0 Å². The van der Waals surface area contributed by atoms with E-state index >= 15 is 0 Å². The van der Waals surface area contributed by atoms with Crippen LogP contribution >= 0.6 is 0 Å². The first-order valence-corrected chi connectivity index (χ1v) is 11.7. The quantitative estimate of drug-likeness (QED) is 0.506. The SMILES string of the molecule is Cn1nc(-c2nncn2CC2CC2)c2c1CCN(C(=O)c1[nH]nc3c1COc1ccccc1-3)C2. The number of fused-ring (bicyclic) bond motifs is 4. The molecule has 1 N–H and O–H groups in total. The van der Waals surface area contributed by atoms with Crippen molar-refractivity contribution >= 4 is 5.91 Å². The predicted octanol–water partition coefficient (Wildman–Crippen LogP) is 2.57. The predicted molar refractivity (Wildman–Crippen MR) is 122 cm³/mol. The lowest BCUT2D eigenvalue weighted by Gasteiger charge is -2.28. The number of carbonyl (C=O) groups excluding carboxylic acids is 1. The molecule has 172 valence electrons. The Morgan fingerprint density at radius 3 is 2.97 bits per heavy atom. The van der Waals surface area contributed by atoms with Crippen LogP contribution in [0.4, 0.5) is 0 Å². The van der Waals surface area contributed by atoms with Crippen molar-refractivity contribution in [1.29, 1.82) is 0 Å². The van der Waals surface area contributed by atoms with E-state index < -0.39 is 0 Å². The van der Waals surface area contributed by atoms with Crippen LogP contribution in [0.3, 0.4) is 0 Å². The van der Waals surface area contributed by atoms with Crippen LogP contribution in [0, 0.1) is 5.92 Å². The molecule has 5 heterocycles. The molecule has 10 nitrogen and oxygen atoms in total. The number of aromatic amines is 1. The average Bonchev–Trinajstić information content (AvgIpc) is 3.25. The van der Waals surface area contributed by atoms with Crippen molar-refractivity contribution < 1.29 is 9.53 Å². The molecular weight excluding hydrogens is 432 g/mol. The van der Waals surface area contributed by atoms with Gasteiger partial charge in [-0.15, -0.1) is 10.2 Å². The van der Waals surface area contributed by atoms with E-state index in [0.29, 0.717) is 31.3 Å². The van der Waals surface area contributed by atoms with Gasteiger partial charge >= 0.3 is 0 Å². The van der Waals surface area contributed by atoms with Crippen LogP contribution in [0.15, 0.2) is 30.6 Å². The van der Waals surface area contributed by atoms with Gasteiger partial charge < -0.3 is 14.2 Å². The van der Waals surface area contributed by atoms with Crippen LogP contribution in [0.25, 0.3) is 22.8 Å². The molecule has 0 radical (unpaired) electrons. The van der Waals surface area contributed by atoms with Crippen molar-refractivity contribution in [3.8, 4) is 28.5 Å². The number of aryl methyl sites for hydroxylation is 1. The first-order chi connectivity index (χ1) is 16.7. The zero-order chi connectivity index (χ0) is 22.8. The summed E-state index contributed by atoms with van der Waals surface area (Å²) in [7, 11) is 1.96. The number of benzene rings is 1. The zero-order valence-electron chi connectivity index (χ0n) is 18.9. The molecule has 0 atom stereocenters. The topological polar surface area (TPSA) is 107 Å². The lowest BCUT2D eigenvalue weighted by molar-refractivity contribution is 0.0725. The first-order valence-electron chi connectivity index (χ1n) is 11.7. The number of amides is 1. The van der Waals surface area contributed by atoms with Crippen LogP contribution in [-0.4, -0.2) is 52.1 Å². The minimum atomic E-state index is -0.0726. The molecule has 10 heteroatoms. The molecule has 3 aliphatic rings. The molecule has 2 aliphatic heterocycles. The van der Waals surface area contributed by atoms with Gasteiger partial charge in [0.05, 0.1) is 6.54 Å². The average molecular weight is 457 g/mol. The summed E-state index contributed by atoms with van der Waals surface area (Å²) in [6.07, 6.45) is 5.03. The number of rotatable bonds is 4. The molecule has 1 fully saturated rings. The summed E-state index contributed by atoms with van der Waals surface area (Å²) in [5.41, 5.74) is 6.01. The zero-order valence-corrected chi connectivity index (χ0v) is 18.9. The standard InChI is InChI=1S/C24H24N8O2/c1-30-18-8-9-31(11-16(18)21(29-30)23-28-25-13-32(23)10-14-6-7-14)24(33)22-17-12-34-19-5-3-2-4-15(19)20(17)26-27-22/h2-5,13-14H,6-12H2,1H3,(H,26,27). The summed E-state index contributed by atoms with van der Waals surface area (Å²) >= 11 is 0. The van der Waals surface area contributed by atoms with Gasteiger partial charge in [0, 0.05) is 48.9 Å². The van der Waals surface area contributed by atoms with E-state index in [9.17, 15) is 4.79 Å². The number of nitrogens with zero attached hydrogens (tertiary/aromatic N) is 7. The van der Waals surface area contributed by atoms with Gasteiger partial charge in [-0.25, -0.2) is 0 Å². The van der Waals surface area contributed by atoms with Crippen LogP contribution in [0.2, 0.25) is 0 Å². The third-order valence-corrected chi connectivity index (χ3v) is 7.10. The number of nitrogens with one attached hydrogen (secondary N) is 1. The Morgan fingerprint density at radius 1 is 1.21 bits per heavy atom. The second-order valence-electron chi connectivity index (χ2n) is 9.34. The summed E-state index contributed by atoms with van der Waals surface area (Å²) in [5, 5.41) is 20.8. The highest BCUT2D eigenvalue weighted by atomic mass is 16.5. The van der Waals surface area contributed by atoms with Crippen molar-refractivity contribution in [3.05, 3.63) is 53.1 Å². The van der Waals surface area contributed by atoms with Crippen LogP contribution in [0.5, 0.6) is 5.75 Å². The summed E-state index contributed by atoms with van der Waals surface area (Å²) in [5.74, 6) is 2.20. The van der Waals surface area contributed by atoms with Gasteiger partial charge in [-0.1, -0.05) is 12.1 Å². The van der Waals surface area contributed by atoms with Gasteiger partial charge in [0.1, 0.15) is 35.8 Å². The normalized spacial score (nSPS) is 16.6. The van der Waals surface area contributed by atoms with Crippen LogP contribution in [-0.2, 0) is 33.2 Å². The first kappa shape index (κ1) is 19.5. The van der Waals surface area contributed by atoms with Gasteiger partial charge in [-0.05, 0) is 30.9 Å². The fourth-order valence-corrected chi connectivity index (χ4v) is 5.10. The largest absolute Gasteiger partial charge is 0.488 e. The minimum Gasteiger partial charge on any atom is -0.488 e. The molecule has 0 saturated heterocycles. The number of hydrogen-bond acceptors (Lipinski definition) is 6. The Bertz CT molecular complexity index is 1430. The minimum absolute atomic E-state index is 0.0726. The van der Waals surface area contributed by atoms with E-state index in [0.717, 1.165) is 58.3 Å². The van der Waals surface area contributed by atoms with Gasteiger partial charge in [-0.3, -0.25) is 14.6 Å². The monoisotopic (exact) mass is 456 g/mol. The summed E-state index contributed by atoms with van der Waals surface area (Å²) in [6.45, 7) is 2.33. The third-order valence-electron chi connectivity index (χ3n) is 7.10. The van der Waals surface area contributed by atoms with Gasteiger partial charge in [0.25, 0.3) is 5.91 Å². The van der Waals surface area contributed by atoms with E-state index in [2.05, 4.69) is 25.0 Å². The smallest absolute Gasteiger partial charge is 0.272 e. The molecular formula is C24H24N8O2. The van der Waals surface area contributed by atoms with Crippen molar-refractivity contribution in [2.45, 2.75) is 39.0 Å². The van der Waals surface area contributed by atoms with E-state index in [1.54, 1.807) is 6.33 Å². The summed E-state index contributed by atoms with van der Waals surface area (Å²) in [6, 6.07) is 7.78. The lowest BCUT2D eigenvalue weighted by atomic mass is 10.0. The second kappa shape index (κ2) is 7.28. The molecule has 1 aliphatic carbocycles. The highest BCUT2D eigenvalue weighted by Crippen LogP contribution is 2.38. The Kier molecular flexibility index (Phi) is 4.18. The molecule has 4 aromatic rings. The van der Waals surface area contributed by atoms with Gasteiger partial charge in [-0.2, -0.15) is 10.2 Å². The fraction of sp³-hybridized carbons (Fsp3) is 0.375. The van der Waals surface area contributed by atoms with E-state index in [1.807, 2.05) is 40.9 Å². The molecule has 34 heavy (non-hydrogen) atoms. The second-order valence-corrected chi connectivity index (χ2v) is 9.34. The molecule has 3 aromatic heterocycles. The number of carbonyl (C=O) groups is 1. The molecule has 0 bridgehead atoms. The molecule has 7 rings (SSSR count). The van der Waals surface area contributed by atoms with Gasteiger partial charge in [0.2, 0.25) is 0 Å². The van der Waals surface area contributed by atoms with E-state index in [1.165, 1.54) is 12.8 Å². The number of para-hydroxylation sites is 1. The Morgan fingerprint density at radius 2 is 2.09 bits per heavy atom. The van der Waals surface area contributed by atoms with Crippen molar-refractivity contribution in [1.82, 2.24) is 39.6 Å². The maximum Gasteiger partial charge on any atom is 0.272 e. The third kappa shape index (κ3) is 2.98. The number of hydrogen-bond donors (Lipinski definition) is 1. The molecule has 1 aromatic carbocycles. The summed E-state index contributed by atoms with van der Waals surface area (Å²) in [4.78, 5) is 15.5. The molecule has 0 unspecified atom stereocenters. The van der Waals surface area contributed by atoms with E-state index in [4.69, 9.17) is 9.84 Å². The maximum absolute atomic E-state index is 13.6. The Hall–Kier alpha value is -3.95. The highest BCUT2D eigenvalue weighted by molar-refractivity contribution is 5.96. The summed E-state index contributed by atoms with van der Waals surface area (Å²) < 4.78 is 9.92. The molecule has 1 saturated carbocycles. The number of H-pyrrole nitrogens is 1. The van der Waals surface area contributed by atoms with Crippen molar-refractivity contribution in [2.75, 3.05) is 6.54 Å².